The Bertz CT molecular complexity index is 1070. The number of fused-ring (bicyclic) bond motifs is 1. The average molecular weight is 398 g/mol. The zero-order chi connectivity index (χ0) is 19.8. The number of amides is 2. The number of nitrogens with zero attached hydrogens (tertiary/aromatic N) is 5. The molecule has 3 aromatic rings. The van der Waals surface area contributed by atoms with E-state index in [1.807, 2.05) is 18.2 Å². The second-order valence-corrected chi connectivity index (χ2v) is 7.35. The maximum atomic E-state index is 12.5. The molecule has 0 radical (unpaired) electrons. The van der Waals surface area contributed by atoms with Gasteiger partial charge in [0.05, 0.1) is 6.61 Å². The largest absolute Gasteiger partial charge is 0.493 e. The number of benzene rings is 1. The molecule has 0 spiro atoms. The van der Waals surface area contributed by atoms with E-state index < -0.39 is 5.91 Å². The van der Waals surface area contributed by atoms with Crippen LogP contribution in [0, 0.1) is 0 Å². The van der Waals surface area contributed by atoms with Crippen LogP contribution in [0.5, 0.6) is 5.75 Å². The minimum Gasteiger partial charge on any atom is -0.493 e. The Kier molecular flexibility index (Phi) is 4.55. The van der Waals surface area contributed by atoms with Crippen molar-refractivity contribution in [2.45, 2.75) is 6.42 Å². The molecule has 10 heteroatoms. The second-order valence-electron chi connectivity index (χ2n) is 6.50. The number of hydrogen-bond donors (Lipinski definition) is 1. The van der Waals surface area contributed by atoms with E-state index in [9.17, 15) is 9.59 Å². The summed E-state index contributed by atoms with van der Waals surface area (Å²) in [5.41, 5.74) is 2.38. The number of thiazole rings is 1. The van der Waals surface area contributed by atoms with E-state index in [0.717, 1.165) is 28.3 Å². The normalized spacial score (nSPS) is 12.4. The Hall–Kier alpha value is -3.27. The summed E-state index contributed by atoms with van der Waals surface area (Å²) in [6.45, 7) is 0.695. The molecule has 0 bridgehead atoms. The van der Waals surface area contributed by atoms with Gasteiger partial charge in [-0.1, -0.05) is 0 Å². The Morgan fingerprint density at radius 2 is 2.11 bits per heavy atom. The summed E-state index contributed by atoms with van der Waals surface area (Å²) in [5.74, 6) is 0.351. The van der Waals surface area contributed by atoms with Crippen molar-refractivity contribution in [1.29, 1.82) is 0 Å². The molecule has 1 aliphatic heterocycles. The lowest BCUT2D eigenvalue weighted by Gasteiger charge is -2.05. The fourth-order valence-electron chi connectivity index (χ4n) is 2.78. The molecule has 9 nitrogen and oxygen atoms in total. The van der Waals surface area contributed by atoms with Crippen molar-refractivity contribution in [2.24, 2.45) is 7.05 Å². The van der Waals surface area contributed by atoms with Gasteiger partial charge in [0.1, 0.15) is 16.5 Å². The summed E-state index contributed by atoms with van der Waals surface area (Å²) in [5, 5.41) is 9.13. The van der Waals surface area contributed by atoms with Crippen LogP contribution in [0.1, 0.15) is 26.7 Å². The molecular formula is C18H18N6O3S. The highest BCUT2D eigenvalue weighted by Gasteiger charge is 2.20. The third kappa shape index (κ3) is 3.33. The van der Waals surface area contributed by atoms with Gasteiger partial charge in [-0.25, -0.2) is 9.67 Å². The van der Waals surface area contributed by atoms with Crippen molar-refractivity contribution >= 4 is 29.1 Å². The third-order valence-electron chi connectivity index (χ3n) is 4.26. The van der Waals surface area contributed by atoms with Gasteiger partial charge in [-0.2, -0.15) is 4.98 Å². The van der Waals surface area contributed by atoms with Crippen LogP contribution in [0.15, 0.2) is 23.6 Å². The van der Waals surface area contributed by atoms with Crippen LogP contribution < -0.4 is 10.1 Å². The lowest BCUT2D eigenvalue weighted by atomic mass is 10.1. The fraction of sp³-hybridized carbons (Fsp3) is 0.278. The number of rotatable bonds is 4. The lowest BCUT2D eigenvalue weighted by Crippen LogP contribution is -2.23. The summed E-state index contributed by atoms with van der Waals surface area (Å²) in [7, 11) is 4.83. The Balaban J connectivity index is 1.52. The molecule has 0 unspecified atom stereocenters. The van der Waals surface area contributed by atoms with E-state index in [4.69, 9.17) is 4.74 Å². The minimum absolute atomic E-state index is 0.0159. The number of aromatic nitrogens is 4. The summed E-state index contributed by atoms with van der Waals surface area (Å²) in [4.78, 5) is 34.4. The standard InChI is InChI=1S/C18H18N6O3S/c1-23(2)17(26)14-20-18(24(3)22-14)21-15(25)12-9-28-16(19-12)11-4-5-13-10(8-11)6-7-27-13/h4-5,8-9H,6-7H2,1-3H3,(H,20,21,22,25). The van der Waals surface area contributed by atoms with Crippen LogP contribution >= 0.6 is 11.3 Å². The van der Waals surface area contributed by atoms with Gasteiger partial charge in [-0.15, -0.1) is 16.4 Å². The Labute approximate surface area is 165 Å². The van der Waals surface area contributed by atoms with E-state index in [0.29, 0.717) is 6.61 Å². The topological polar surface area (TPSA) is 102 Å². The van der Waals surface area contributed by atoms with Gasteiger partial charge in [0.25, 0.3) is 11.8 Å². The molecule has 3 heterocycles. The first-order chi connectivity index (χ1) is 13.4. The van der Waals surface area contributed by atoms with Gasteiger partial charge in [0.2, 0.25) is 11.8 Å². The minimum atomic E-state index is -0.411. The molecule has 0 aliphatic carbocycles. The quantitative estimate of drug-likeness (QED) is 0.719. The van der Waals surface area contributed by atoms with E-state index >= 15 is 0 Å². The summed E-state index contributed by atoms with van der Waals surface area (Å²) >= 11 is 1.39. The molecule has 4 rings (SSSR count). The second kappa shape index (κ2) is 7.04. The van der Waals surface area contributed by atoms with Gasteiger partial charge in [0.15, 0.2) is 0 Å². The molecule has 144 valence electrons. The molecule has 1 N–H and O–H groups in total. The number of ether oxygens (including phenoxy) is 1. The van der Waals surface area contributed by atoms with Gasteiger partial charge in [-0.3, -0.25) is 14.9 Å². The van der Waals surface area contributed by atoms with Crippen molar-refractivity contribution in [3.63, 3.8) is 0 Å². The number of aryl methyl sites for hydroxylation is 1. The van der Waals surface area contributed by atoms with E-state index in [1.54, 1.807) is 26.5 Å². The molecule has 0 saturated carbocycles. The van der Waals surface area contributed by atoms with E-state index in [-0.39, 0.29) is 23.4 Å². The zero-order valence-corrected chi connectivity index (χ0v) is 16.4. The molecule has 2 aromatic heterocycles. The van der Waals surface area contributed by atoms with Gasteiger partial charge in [-0.05, 0) is 23.8 Å². The van der Waals surface area contributed by atoms with Crippen LogP contribution in [-0.4, -0.2) is 57.2 Å². The number of carbonyl (C=O) groups is 2. The van der Waals surface area contributed by atoms with Crippen molar-refractivity contribution in [3.05, 3.63) is 40.7 Å². The lowest BCUT2D eigenvalue weighted by molar-refractivity contribution is 0.0815. The molecule has 2 amide bonds. The fourth-order valence-corrected chi connectivity index (χ4v) is 3.58. The highest BCUT2D eigenvalue weighted by atomic mass is 32.1. The molecule has 0 atom stereocenters. The smallest absolute Gasteiger partial charge is 0.293 e. The Morgan fingerprint density at radius 1 is 1.29 bits per heavy atom. The number of hydrogen-bond acceptors (Lipinski definition) is 7. The van der Waals surface area contributed by atoms with E-state index in [1.165, 1.54) is 20.9 Å². The molecular weight excluding hydrogens is 380 g/mol. The number of anilines is 1. The maximum absolute atomic E-state index is 12.5. The Morgan fingerprint density at radius 3 is 2.89 bits per heavy atom. The molecule has 28 heavy (non-hydrogen) atoms. The maximum Gasteiger partial charge on any atom is 0.293 e. The zero-order valence-electron chi connectivity index (χ0n) is 15.6. The summed E-state index contributed by atoms with van der Waals surface area (Å²) in [6, 6.07) is 5.92. The van der Waals surface area contributed by atoms with Crippen LogP contribution in [-0.2, 0) is 13.5 Å². The first-order valence-electron chi connectivity index (χ1n) is 8.58. The van der Waals surface area contributed by atoms with Crippen LogP contribution in [0.25, 0.3) is 10.6 Å². The first-order valence-corrected chi connectivity index (χ1v) is 9.46. The molecule has 1 aliphatic rings. The van der Waals surface area contributed by atoms with Crippen molar-refractivity contribution in [1.82, 2.24) is 24.6 Å². The highest BCUT2D eigenvalue weighted by Crippen LogP contribution is 2.32. The van der Waals surface area contributed by atoms with Crippen molar-refractivity contribution in [2.75, 3.05) is 26.0 Å². The first kappa shape index (κ1) is 18.1. The number of nitrogens with one attached hydrogen (secondary N) is 1. The molecule has 1 aromatic carbocycles. The highest BCUT2D eigenvalue weighted by molar-refractivity contribution is 7.13. The summed E-state index contributed by atoms with van der Waals surface area (Å²) < 4.78 is 6.87. The van der Waals surface area contributed by atoms with E-state index in [2.05, 4.69) is 20.4 Å². The van der Waals surface area contributed by atoms with Gasteiger partial charge < -0.3 is 9.64 Å². The van der Waals surface area contributed by atoms with Crippen molar-refractivity contribution < 1.29 is 14.3 Å². The third-order valence-corrected chi connectivity index (χ3v) is 5.15. The van der Waals surface area contributed by atoms with Crippen LogP contribution in [0.3, 0.4) is 0 Å². The average Bonchev–Trinajstić information content (AvgIpc) is 3.40. The molecule has 0 fully saturated rings. The van der Waals surface area contributed by atoms with Gasteiger partial charge >= 0.3 is 0 Å². The number of carbonyl (C=O) groups excluding carboxylic acids is 2. The monoisotopic (exact) mass is 398 g/mol. The predicted octanol–water partition coefficient (Wildman–Crippen LogP) is 1.83. The van der Waals surface area contributed by atoms with Crippen LogP contribution in [0.4, 0.5) is 5.95 Å². The van der Waals surface area contributed by atoms with Crippen LogP contribution in [0.2, 0.25) is 0 Å². The van der Waals surface area contributed by atoms with Gasteiger partial charge in [0, 0.05) is 38.5 Å². The molecule has 0 saturated heterocycles. The summed E-state index contributed by atoms with van der Waals surface area (Å²) in [6.07, 6.45) is 0.877. The SMILES string of the molecule is CN(C)C(=O)c1nc(NC(=O)c2csc(-c3ccc4c(c3)CCO4)n2)n(C)n1. The predicted molar refractivity (Wildman–Crippen MR) is 104 cm³/mol. The van der Waals surface area contributed by atoms with Crippen molar-refractivity contribution in [3.8, 4) is 16.3 Å².